The molecule has 0 fully saturated rings. The number of ether oxygens (including phenoxy) is 2. The third kappa shape index (κ3) is 7.24. The van der Waals surface area contributed by atoms with Crippen molar-refractivity contribution in [2.24, 2.45) is 0 Å². The van der Waals surface area contributed by atoms with Crippen molar-refractivity contribution < 1.29 is 56.9 Å². The van der Waals surface area contributed by atoms with Crippen molar-refractivity contribution in [1.29, 1.82) is 0 Å². The van der Waals surface area contributed by atoms with Crippen LogP contribution in [-0.2, 0) is 29.2 Å². The van der Waals surface area contributed by atoms with Gasteiger partial charge in [-0.1, -0.05) is 11.2 Å². The van der Waals surface area contributed by atoms with E-state index in [9.17, 15) is 33.8 Å². The first-order valence-corrected chi connectivity index (χ1v) is 13.7. The van der Waals surface area contributed by atoms with Gasteiger partial charge in [0.1, 0.15) is 11.8 Å². The molecule has 0 radical (unpaired) electrons. The second-order valence-electron chi connectivity index (χ2n) is 7.79. The van der Waals surface area contributed by atoms with Crippen molar-refractivity contribution in [2.45, 2.75) is 31.9 Å². The number of hydrogen-bond acceptors (Lipinski definition) is 12. The minimum Gasteiger partial charge on any atom is -0.493 e. The van der Waals surface area contributed by atoms with Gasteiger partial charge in [0.05, 0.1) is 38.4 Å². The van der Waals surface area contributed by atoms with Gasteiger partial charge in [-0.3, -0.25) is 18.5 Å². The Kier molecular flexibility index (Phi) is 9.43. The summed E-state index contributed by atoms with van der Waals surface area (Å²) >= 11 is 0. The summed E-state index contributed by atoms with van der Waals surface area (Å²) in [4.78, 5) is 52.5. The molecule has 1 unspecified atom stereocenters. The van der Waals surface area contributed by atoms with Crippen LogP contribution in [0.15, 0.2) is 44.6 Å². The van der Waals surface area contributed by atoms with Crippen LogP contribution in [0.4, 0.5) is 0 Å². The Morgan fingerprint density at radius 2 is 1.87 bits per heavy atom. The molecule has 2 aromatic heterocycles. The van der Waals surface area contributed by atoms with Crippen molar-refractivity contribution in [3.63, 3.8) is 0 Å². The number of rotatable bonds is 13. The number of benzene rings is 1. The van der Waals surface area contributed by atoms with Gasteiger partial charge in [0, 0.05) is 12.3 Å². The molecule has 0 bridgehead atoms. The molecule has 19 heteroatoms. The van der Waals surface area contributed by atoms with E-state index in [1.807, 2.05) is 0 Å². The van der Waals surface area contributed by atoms with Gasteiger partial charge in [-0.2, -0.15) is 4.31 Å². The first-order valence-electron chi connectivity index (χ1n) is 10.7. The van der Waals surface area contributed by atoms with Gasteiger partial charge in [-0.25, -0.2) is 13.9 Å². The van der Waals surface area contributed by atoms with Gasteiger partial charge in [0.25, 0.3) is 5.56 Å². The zero-order chi connectivity index (χ0) is 28.3. The molecular formula is C19H25N3O14P2. The van der Waals surface area contributed by atoms with E-state index in [-0.39, 0.29) is 12.2 Å². The van der Waals surface area contributed by atoms with E-state index in [0.717, 1.165) is 21.4 Å². The molecule has 0 spiro atoms. The van der Waals surface area contributed by atoms with Crippen LogP contribution in [0.5, 0.6) is 5.75 Å². The number of aliphatic hydroxyl groups is 2. The van der Waals surface area contributed by atoms with Gasteiger partial charge in [0.2, 0.25) is 5.58 Å². The quantitative estimate of drug-likeness (QED) is 0.163. The van der Waals surface area contributed by atoms with Crippen LogP contribution in [0.3, 0.4) is 0 Å². The number of aliphatic hydroxyl groups excluding tert-OH is 2. The summed E-state index contributed by atoms with van der Waals surface area (Å²) in [5.41, 5.74) is -1.13. The number of phosphoric acid groups is 2. The van der Waals surface area contributed by atoms with E-state index in [1.54, 1.807) is 18.2 Å². The number of methoxy groups -OCH3 is 1. The van der Waals surface area contributed by atoms with Crippen molar-refractivity contribution in [3.8, 4) is 5.75 Å². The smallest absolute Gasteiger partial charge is 0.481 e. The normalized spacial score (nSPS) is 16.2. The van der Waals surface area contributed by atoms with Gasteiger partial charge in [-0.05, 0) is 19.1 Å². The minimum absolute atomic E-state index is 0.233. The zero-order valence-corrected chi connectivity index (χ0v) is 21.7. The summed E-state index contributed by atoms with van der Waals surface area (Å²) in [7, 11) is -9.23. The molecule has 0 aliphatic carbocycles. The maximum absolute atomic E-state index is 13.2. The fourth-order valence-electron chi connectivity index (χ4n) is 3.32. The predicted octanol–water partition coefficient (Wildman–Crippen LogP) is -0.309. The Balaban J connectivity index is 1.87. The fourth-order valence-corrected chi connectivity index (χ4v) is 4.92. The Morgan fingerprint density at radius 1 is 1.16 bits per heavy atom. The second-order valence-corrected chi connectivity index (χ2v) is 10.6. The van der Waals surface area contributed by atoms with E-state index >= 15 is 0 Å². The molecule has 17 nitrogen and oxygen atoms in total. The van der Waals surface area contributed by atoms with Gasteiger partial charge >= 0.3 is 21.3 Å². The molecule has 0 aliphatic heterocycles. The molecule has 0 saturated carbocycles. The predicted molar refractivity (Wildman–Crippen MR) is 126 cm³/mol. The second kappa shape index (κ2) is 12.0. The van der Waals surface area contributed by atoms with Crippen LogP contribution in [0.1, 0.15) is 18.8 Å². The number of aromatic nitrogens is 3. The summed E-state index contributed by atoms with van der Waals surface area (Å²) in [5, 5.41) is 24.2. The molecule has 4 atom stereocenters. The lowest BCUT2D eigenvalue weighted by Crippen LogP contribution is -2.44. The Hall–Kier alpha value is -2.69. The summed E-state index contributed by atoms with van der Waals surface area (Å²) in [5.74, 6) is 0.387. The highest BCUT2D eigenvalue weighted by Gasteiger charge is 2.34. The summed E-state index contributed by atoms with van der Waals surface area (Å²) in [6.45, 7) is -0.945. The topological polar surface area (TPSA) is 242 Å². The highest BCUT2D eigenvalue weighted by Crippen LogP contribution is 2.57. The molecule has 210 valence electrons. The molecule has 3 rings (SSSR count). The lowest BCUT2D eigenvalue weighted by molar-refractivity contribution is -0.133. The van der Waals surface area contributed by atoms with E-state index < -0.39 is 58.5 Å². The molecule has 2 heterocycles. The van der Waals surface area contributed by atoms with Crippen LogP contribution in [0.25, 0.3) is 11.0 Å². The van der Waals surface area contributed by atoms with Crippen molar-refractivity contribution in [3.05, 3.63) is 57.0 Å². The summed E-state index contributed by atoms with van der Waals surface area (Å²) < 4.78 is 48.2. The number of nitrogens with zero attached hydrogens (tertiary/aromatic N) is 3. The first kappa shape index (κ1) is 29.9. The summed E-state index contributed by atoms with van der Waals surface area (Å²) in [6, 6.07) is 5.97. The number of para-hydroxylation sites is 1. The highest BCUT2D eigenvalue weighted by atomic mass is 31.3. The molecule has 5 N–H and O–H groups in total. The van der Waals surface area contributed by atoms with Gasteiger partial charge in [-0.15, -0.1) is 0 Å². The molecule has 1 aromatic carbocycles. The fraction of sp³-hybridized carbons (Fsp3) is 0.421. The largest absolute Gasteiger partial charge is 0.493 e. The molecular weight excluding hydrogens is 556 g/mol. The first-order chi connectivity index (χ1) is 17.8. The van der Waals surface area contributed by atoms with Crippen LogP contribution < -0.4 is 16.0 Å². The summed E-state index contributed by atoms with van der Waals surface area (Å²) in [6.07, 6.45) is -3.45. The van der Waals surface area contributed by atoms with Gasteiger partial charge in [0.15, 0.2) is 12.0 Å². The lowest BCUT2D eigenvalue weighted by Gasteiger charge is -2.27. The standard InChI is InChI=1S/C19H25N3O14P2/c1-11(24)15(10-33-38(30,31)36-37(27,28)29)34-17(9-23)21-7-6-16(25)22(19(21)26)8-13-12-4-3-5-14(32-2)18(12)35-20-13/h3-7,11,15,17,23-24H,8-10H2,1-2H3,(H,30,31)(H2,27,28,29)/t11-,15-,17-/m1/s1. The van der Waals surface area contributed by atoms with E-state index in [1.165, 1.54) is 14.0 Å². The Labute approximate surface area is 213 Å². The third-order valence-corrected chi connectivity index (χ3v) is 7.26. The number of phosphoric ester groups is 1. The van der Waals surface area contributed by atoms with Crippen LogP contribution in [0.2, 0.25) is 0 Å². The van der Waals surface area contributed by atoms with Crippen molar-refractivity contribution >= 4 is 26.6 Å². The number of hydrogen-bond donors (Lipinski definition) is 5. The van der Waals surface area contributed by atoms with E-state index in [4.69, 9.17) is 23.8 Å². The average molecular weight is 581 g/mol. The van der Waals surface area contributed by atoms with Crippen LogP contribution >= 0.6 is 15.6 Å². The maximum Gasteiger partial charge on any atom is 0.481 e. The SMILES string of the molecule is COc1cccc2c(Cn3c(=O)ccn([C@@H](CO)O[C@H](COP(=O)(O)OP(=O)(O)O)[C@@H](C)O)c3=O)noc12. The maximum atomic E-state index is 13.2. The molecule has 3 aromatic rings. The van der Waals surface area contributed by atoms with Crippen molar-refractivity contribution in [2.75, 3.05) is 20.3 Å². The lowest BCUT2D eigenvalue weighted by atomic mass is 10.2. The minimum atomic E-state index is -5.39. The molecule has 38 heavy (non-hydrogen) atoms. The monoisotopic (exact) mass is 581 g/mol. The third-order valence-electron chi connectivity index (χ3n) is 5.11. The number of fused-ring (bicyclic) bond motifs is 1. The van der Waals surface area contributed by atoms with Crippen molar-refractivity contribution in [1.82, 2.24) is 14.3 Å². The highest BCUT2D eigenvalue weighted by molar-refractivity contribution is 7.60. The van der Waals surface area contributed by atoms with Gasteiger partial charge < -0.3 is 38.9 Å². The van der Waals surface area contributed by atoms with E-state index in [2.05, 4.69) is 14.0 Å². The molecule has 0 aliphatic rings. The van der Waals surface area contributed by atoms with E-state index in [0.29, 0.717) is 16.7 Å². The molecule has 0 amide bonds. The van der Waals surface area contributed by atoms with Crippen LogP contribution in [-0.4, -0.2) is 71.7 Å². The Bertz CT molecular complexity index is 1480. The zero-order valence-electron chi connectivity index (χ0n) is 19.9. The molecule has 0 saturated heterocycles. The average Bonchev–Trinajstić information content (AvgIpc) is 3.23. The van der Waals surface area contributed by atoms with Crippen LogP contribution in [0, 0.1) is 0 Å². The Morgan fingerprint density at radius 3 is 2.47 bits per heavy atom.